The molecule has 0 radical (unpaired) electrons. The molecule has 0 aliphatic rings. The fourth-order valence-corrected chi connectivity index (χ4v) is 1.13. The van der Waals surface area contributed by atoms with Gasteiger partial charge in [-0.25, -0.2) is 0 Å². The van der Waals surface area contributed by atoms with Crippen molar-refractivity contribution in [1.29, 1.82) is 0 Å². The summed E-state index contributed by atoms with van der Waals surface area (Å²) in [5.74, 6) is -0.0515. The van der Waals surface area contributed by atoms with Crippen molar-refractivity contribution >= 4 is 5.97 Å². The number of hydrogen-bond donors (Lipinski definition) is 2. The fourth-order valence-electron chi connectivity index (χ4n) is 1.13. The van der Waals surface area contributed by atoms with E-state index in [1.165, 1.54) is 12.8 Å². The molecule has 1 atom stereocenters. The van der Waals surface area contributed by atoms with E-state index >= 15 is 0 Å². The van der Waals surface area contributed by atoms with Crippen molar-refractivity contribution < 1.29 is 9.90 Å². The van der Waals surface area contributed by atoms with Gasteiger partial charge in [0, 0.05) is 12.0 Å². The number of unbranched alkanes of at least 4 members (excludes halogenated alkanes) is 1. The smallest absolute Gasteiger partial charge is 0.303 e. The van der Waals surface area contributed by atoms with E-state index in [-0.39, 0.29) is 5.54 Å². The maximum atomic E-state index is 9.76. The third kappa shape index (κ3) is 13.4. The Kier molecular flexibility index (Phi) is 10.7. The Hall–Kier alpha value is -0.570. The van der Waals surface area contributed by atoms with Crippen molar-refractivity contribution in [3.63, 3.8) is 0 Å². The summed E-state index contributed by atoms with van der Waals surface area (Å²) < 4.78 is 0. The molecule has 0 aromatic rings. The predicted molar refractivity (Wildman–Crippen MR) is 69.5 cm³/mol. The first kappa shape index (κ1) is 17.8. The van der Waals surface area contributed by atoms with Gasteiger partial charge in [-0.1, -0.05) is 33.6 Å². The number of carboxylic acids is 1. The zero-order chi connectivity index (χ0) is 13.2. The molecule has 3 N–H and O–H groups in total. The molecule has 0 spiro atoms. The van der Waals surface area contributed by atoms with Gasteiger partial charge in [0.05, 0.1) is 0 Å². The highest BCUT2D eigenvalue weighted by atomic mass is 16.4. The lowest BCUT2D eigenvalue weighted by molar-refractivity contribution is -0.137. The third-order valence-electron chi connectivity index (χ3n) is 2.74. The van der Waals surface area contributed by atoms with E-state index < -0.39 is 5.97 Å². The van der Waals surface area contributed by atoms with Crippen LogP contribution in [-0.2, 0) is 4.79 Å². The zero-order valence-electron chi connectivity index (χ0n) is 11.5. The van der Waals surface area contributed by atoms with Crippen LogP contribution in [-0.4, -0.2) is 16.6 Å². The first-order valence-corrected chi connectivity index (χ1v) is 6.26. The molecule has 0 fully saturated rings. The Bertz CT molecular complexity index is 173. The molecule has 0 amide bonds. The maximum absolute atomic E-state index is 9.76. The van der Waals surface area contributed by atoms with Crippen LogP contribution in [0.25, 0.3) is 0 Å². The molecule has 0 aliphatic carbocycles. The largest absolute Gasteiger partial charge is 0.481 e. The first-order chi connectivity index (χ1) is 7.25. The molecule has 0 bridgehead atoms. The van der Waals surface area contributed by atoms with E-state index in [1.54, 1.807) is 0 Å². The molecule has 0 aromatic carbocycles. The topological polar surface area (TPSA) is 63.3 Å². The van der Waals surface area contributed by atoms with Crippen LogP contribution >= 0.6 is 0 Å². The van der Waals surface area contributed by atoms with Crippen LogP contribution in [0, 0.1) is 5.92 Å². The summed E-state index contributed by atoms with van der Waals surface area (Å²) in [5, 5.41) is 8.04. The second kappa shape index (κ2) is 9.64. The summed E-state index contributed by atoms with van der Waals surface area (Å²) in [6.07, 6.45) is 4.56. The van der Waals surface area contributed by atoms with E-state index in [1.807, 2.05) is 6.92 Å². The maximum Gasteiger partial charge on any atom is 0.303 e. The lowest BCUT2D eigenvalue weighted by Gasteiger charge is -2.26. The number of carbonyl (C=O) groups is 1. The summed E-state index contributed by atoms with van der Waals surface area (Å²) in [6.45, 7) is 10.6. The van der Waals surface area contributed by atoms with Crippen LogP contribution in [0.5, 0.6) is 0 Å². The number of carboxylic acid groups (broad SMARTS) is 1. The molecular formula is C13H29NO2. The van der Waals surface area contributed by atoms with Gasteiger partial charge in [0.25, 0.3) is 0 Å². The van der Waals surface area contributed by atoms with Crippen molar-refractivity contribution in [3.8, 4) is 0 Å². The Morgan fingerprint density at radius 3 is 1.94 bits per heavy atom. The van der Waals surface area contributed by atoms with E-state index in [9.17, 15) is 4.79 Å². The predicted octanol–water partition coefficient (Wildman–Crippen LogP) is 3.42. The minimum Gasteiger partial charge on any atom is -0.481 e. The Labute approximate surface area is 100 Å². The van der Waals surface area contributed by atoms with Crippen molar-refractivity contribution in [2.24, 2.45) is 11.7 Å². The van der Waals surface area contributed by atoms with Crippen molar-refractivity contribution in [2.45, 2.75) is 72.3 Å². The first-order valence-electron chi connectivity index (χ1n) is 6.26. The van der Waals surface area contributed by atoms with Crippen LogP contribution in [0.4, 0.5) is 0 Å². The summed E-state index contributed by atoms with van der Waals surface area (Å²) in [4.78, 5) is 9.76. The molecule has 98 valence electrons. The lowest BCUT2D eigenvalue weighted by Crippen LogP contribution is -2.39. The van der Waals surface area contributed by atoms with Crippen molar-refractivity contribution in [2.75, 3.05) is 0 Å². The summed E-state index contributed by atoms with van der Waals surface area (Å²) >= 11 is 0. The zero-order valence-corrected chi connectivity index (χ0v) is 11.5. The highest BCUT2D eigenvalue weighted by Crippen LogP contribution is 2.17. The molecular weight excluding hydrogens is 202 g/mol. The van der Waals surface area contributed by atoms with Gasteiger partial charge in [-0.3, -0.25) is 4.79 Å². The van der Waals surface area contributed by atoms with E-state index in [0.717, 1.165) is 12.8 Å². The summed E-state index contributed by atoms with van der Waals surface area (Å²) in [6, 6.07) is 0. The van der Waals surface area contributed by atoms with Gasteiger partial charge in [0.2, 0.25) is 0 Å². The normalized spacial score (nSPS) is 12.6. The van der Waals surface area contributed by atoms with Crippen LogP contribution in [0.15, 0.2) is 0 Å². The van der Waals surface area contributed by atoms with Gasteiger partial charge >= 0.3 is 5.97 Å². The molecule has 0 aliphatic heterocycles. The van der Waals surface area contributed by atoms with E-state index in [4.69, 9.17) is 10.8 Å². The SMILES string of the molecule is CCCC(C)C(C)(C)N.CCCCC(=O)O. The number of aliphatic carboxylic acids is 1. The van der Waals surface area contributed by atoms with E-state index in [2.05, 4.69) is 27.7 Å². The Morgan fingerprint density at radius 1 is 1.31 bits per heavy atom. The quantitative estimate of drug-likeness (QED) is 0.736. The molecule has 0 rings (SSSR count). The number of hydrogen-bond acceptors (Lipinski definition) is 2. The summed E-state index contributed by atoms with van der Waals surface area (Å²) in [5.41, 5.74) is 5.87. The van der Waals surface area contributed by atoms with Crippen LogP contribution in [0.1, 0.15) is 66.7 Å². The minimum atomic E-state index is -0.693. The molecule has 0 aromatic heterocycles. The second-order valence-electron chi connectivity index (χ2n) is 5.01. The highest BCUT2D eigenvalue weighted by Gasteiger charge is 2.18. The Balaban J connectivity index is 0. The lowest BCUT2D eigenvalue weighted by atomic mass is 9.87. The van der Waals surface area contributed by atoms with Gasteiger partial charge in [-0.15, -0.1) is 0 Å². The van der Waals surface area contributed by atoms with Crippen LogP contribution in [0.3, 0.4) is 0 Å². The molecule has 16 heavy (non-hydrogen) atoms. The number of rotatable bonds is 6. The molecule has 0 heterocycles. The highest BCUT2D eigenvalue weighted by molar-refractivity contribution is 5.66. The minimum absolute atomic E-state index is 0.00993. The summed E-state index contributed by atoms with van der Waals surface area (Å²) in [7, 11) is 0. The second-order valence-corrected chi connectivity index (χ2v) is 5.01. The molecule has 0 saturated carbocycles. The fraction of sp³-hybridized carbons (Fsp3) is 0.923. The monoisotopic (exact) mass is 231 g/mol. The average molecular weight is 231 g/mol. The standard InChI is InChI=1S/C8H19N.C5H10O2/c1-5-6-7(2)8(3,4)9;1-2-3-4-5(6)7/h7H,5-6,9H2,1-4H3;2-4H2,1H3,(H,6,7). The van der Waals surface area contributed by atoms with Gasteiger partial charge in [-0.2, -0.15) is 0 Å². The van der Waals surface area contributed by atoms with Gasteiger partial charge in [0.1, 0.15) is 0 Å². The molecule has 0 saturated heterocycles. The van der Waals surface area contributed by atoms with Gasteiger partial charge < -0.3 is 10.8 Å². The molecule has 3 nitrogen and oxygen atoms in total. The van der Waals surface area contributed by atoms with Gasteiger partial charge in [0.15, 0.2) is 0 Å². The third-order valence-corrected chi connectivity index (χ3v) is 2.74. The van der Waals surface area contributed by atoms with Crippen molar-refractivity contribution in [1.82, 2.24) is 0 Å². The Morgan fingerprint density at radius 2 is 1.81 bits per heavy atom. The molecule has 3 heteroatoms. The van der Waals surface area contributed by atoms with Crippen LogP contribution < -0.4 is 5.73 Å². The molecule has 1 unspecified atom stereocenters. The number of nitrogens with two attached hydrogens (primary N) is 1. The van der Waals surface area contributed by atoms with Crippen LogP contribution in [0.2, 0.25) is 0 Å². The van der Waals surface area contributed by atoms with Crippen molar-refractivity contribution in [3.05, 3.63) is 0 Å². The van der Waals surface area contributed by atoms with Gasteiger partial charge in [-0.05, 0) is 32.6 Å². The van der Waals surface area contributed by atoms with E-state index in [0.29, 0.717) is 12.3 Å². The average Bonchev–Trinajstić information content (AvgIpc) is 2.14.